The largest absolute Gasteiger partial charge is 0.481 e. The summed E-state index contributed by atoms with van der Waals surface area (Å²) in [7, 11) is 0. The third-order valence-corrected chi connectivity index (χ3v) is 3.30. The Bertz CT molecular complexity index is 485. The molecule has 0 spiro atoms. The maximum atomic E-state index is 13.6. The van der Waals surface area contributed by atoms with Crippen molar-refractivity contribution in [2.24, 2.45) is 5.92 Å². The Labute approximate surface area is 121 Å². The van der Waals surface area contributed by atoms with E-state index in [1.807, 2.05) is 13.8 Å². The number of carboxylic acid groups (broad SMARTS) is 1. The lowest BCUT2D eigenvalue weighted by Crippen LogP contribution is -2.40. The van der Waals surface area contributed by atoms with Gasteiger partial charge in [0.1, 0.15) is 5.82 Å². The van der Waals surface area contributed by atoms with Crippen LogP contribution in [0.25, 0.3) is 0 Å². The van der Waals surface area contributed by atoms with E-state index in [9.17, 15) is 14.0 Å². The van der Waals surface area contributed by atoms with Gasteiger partial charge in [-0.05, 0) is 18.1 Å². The predicted molar refractivity (Wildman–Crippen MR) is 74.1 cm³/mol. The molecule has 0 fully saturated rings. The number of carbonyl (C=O) groups excluding carboxylic acids is 1. The van der Waals surface area contributed by atoms with Gasteiger partial charge >= 0.3 is 5.97 Å². The van der Waals surface area contributed by atoms with Crippen LogP contribution in [0.4, 0.5) is 4.39 Å². The highest BCUT2D eigenvalue weighted by molar-refractivity contribution is 6.31. The monoisotopic (exact) mass is 301 g/mol. The van der Waals surface area contributed by atoms with Gasteiger partial charge < -0.3 is 10.4 Å². The zero-order valence-corrected chi connectivity index (χ0v) is 12.1. The normalized spacial score (nSPS) is 12.2. The van der Waals surface area contributed by atoms with Gasteiger partial charge in [-0.15, -0.1) is 0 Å². The minimum Gasteiger partial charge on any atom is -0.481 e. The molecule has 0 bridgehead atoms. The molecule has 4 nitrogen and oxygen atoms in total. The molecule has 1 amide bonds. The van der Waals surface area contributed by atoms with Crippen molar-refractivity contribution < 1.29 is 19.1 Å². The van der Waals surface area contributed by atoms with Crippen molar-refractivity contribution in [1.82, 2.24) is 5.32 Å². The number of halogens is 2. The molecule has 0 saturated heterocycles. The van der Waals surface area contributed by atoms with Crippen LogP contribution in [-0.4, -0.2) is 23.0 Å². The quantitative estimate of drug-likeness (QED) is 0.849. The molecule has 20 heavy (non-hydrogen) atoms. The molecular weight excluding hydrogens is 285 g/mol. The number of benzene rings is 1. The SMILES string of the molecule is CC(C)C(CC(=O)O)NC(=O)Cc1c(F)cccc1Cl. The molecule has 0 heterocycles. The Morgan fingerprint density at radius 1 is 1.40 bits per heavy atom. The van der Waals surface area contributed by atoms with E-state index in [4.69, 9.17) is 16.7 Å². The standard InChI is InChI=1S/C14H17ClFNO3/c1-8(2)12(7-14(19)20)17-13(18)6-9-10(15)4-3-5-11(9)16/h3-5,8,12H,6-7H2,1-2H3,(H,17,18)(H,19,20). The van der Waals surface area contributed by atoms with E-state index in [1.165, 1.54) is 18.2 Å². The summed E-state index contributed by atoms with van der Waals surface area (Å²) in [5.41, 5.74) is 0.115. The molecule has 1 aromatic carbocycles. The van der Waals surface area contributed by atoms with E-state index in [-0.39, 0.29) is 29.3 Å². The summed E-state index contributed by atoms with van der Waals surface area (Å²) in [5.74, 6) is -2.03. The molecule has 110 valence electrons. The first-order valence-corrected chi connectivity index (χ1v) is 6.63. The van der Waals surface area contributed by atoms with Crippen LogP contribution in [0.2, 0.25) is 5.02 Å². The maximum absolute atomic E-state index is 13.6. The van der Waals surface area contributed by atoms with Gasteiger partial charge in [-0.25, -0.2) is 4.39 Å². The van der Waals surface area contributed by atoms with Crippen LogP contribution >= 0.6 is 11.6 Å². The van der Waals surface area contributed by atoms with Crippen molar-refractivity contribution in [3.05, 3.63) is 34.6 Å². The van der Waals surface area contributed by atoms with Crippen molar-refractivity contribution >= 4 is 23.5 Å². The number of carboxylic acids is 1. The van der Waals surface area contributed by atoms with Gasteiger partial charge in [0, 0.05) is 16.6 Å². The number of nitrogens with one attached hydrogen (secondary N) is 1. The lowest BCUT2D eigenvalue weighted by molar-refractivity contribution is -0.138. The third-order valence-electron chi connectivity index (χ3n) is 2.94. The van der Waals surface area contributed by atoms with Crippen molar-refractivity contribution in [1.29, 1.82) is 0 Å². The minimum absolute atomic E-state index is 0.0360. The van der Waals surface area contributed by atoms with Crippen LogP contribution in [0.5, 0.6) is 0 Å². The fraction of sp³-hybridized carbons (Fsp3) is 0.429. The number of hydrogen-bond donors (Lipinski definition) is 2. The first-order chi connectivity index (χ1) is 9.31. The summed E-state index contributed by atoms with van der Waals surface area (Å²) in [6, 6.07) is 3.70. The van der Waals surface area contributed by atoms with Crippen molar-refractivity contribution in [3.8, 4) is 0 Å². The Kier molecular flexibility index (Phi) is 5.95. The highest BCUT2D eigenvalue weighted by atomic mass is 35.5. The van der Waals surface area contributed by atoms with Crippen molar-refractivity contribution in [2.75, 3.05) is 0 Å². The smallest absolute Gasteiger partial charge is 0.305 e. The summed E-state index contributed by atoms with van der Waals surface area (Å²) in [6.45, 7) is 3.62. The van der Waals surface area contributed by atoms with Crippen LogP contribution in [-0.2, 0) is 16.0 Å². The van der Waals surface area contributed by atoms with E-state index in [0.29, 0.717) is 0 Å². The highest BCUT2D eigenvalue weighted by Gasteiger charge is 2.20. The molecule has 0 radical (unpaired) electrons. The van der Waals surface area contributed by atoms with Gasteiger partial charge in [-0.1, -0.05) is 31.5 Å². The van der Waals surface area contributed by atoms with E-state index in [0.717, 1.165) is 0 Å². The zero-order valence-electron chi connectivity index (χ0n) is 11.3. The van der Waals surface area contributed by atoms with Gasteiger partial charge in [0.2, 0.25) is 5.91 Å². The second-order valence-electron chi connectivity index (χ2n) is 4.89. The number of hydrogen-bond acceptors (Lipinski definition) is 2. The van der Waals surface area contributed by atoms with Crippen LogP contribution in [0.3, 0.4) is 0 Å². The molecule has 2 N–H and O–H groups in total. The van der Waals surface area contributed by atoms with Gasteiger partial charge in [0.25, 0.3) is 0 Å². The van der Waals surface area contributed by atoms with Crippen molar-refractivity contribution in [3.63, 3.8) is 0 Å². The van der Waals surface area contributed by atoms with Crippen LogP contribution in [0.1, 0.15) is 25.8 Å². The summed E-state index contributed by atoms with van der Waals surface area (Å²) < 4.78 is 13.6. The Morgan fingerprint density at radius 2 is 2.05 bits per heavy atom. The molecule has 1 unspecified atom stereocenters. The minimum atomic E-state index is -0.993. The molecule has 0 saturated carbocycles. The highest BCUT2D eigenvalue weighted by Crippen LogP contribution is 2.19. The van der Waals surface area contributed by atoms with E-state index in [2.05, 4.69) is 5.32 Å². The molecular formula is C14H17ClFNO3. The van der Waals surface area contributed by atoms with Gasteiger partial charge in [0.15, 0.2) is 0 Å². The zero-order chi connectivity index (χ0) is 15.3. The fourth-order valence-corrected chi connectivity index (χ4v) is 1.99. The number of amides is 1. The third kappa shape index (κ3) is 4.81. The van der Waals surface area contributed by atoms with E-state index >= 15 is 0 Å². The molecule has 0 aliphatic heterocycles. The molecule has 0 aliphatic rings. The lowest BCUT2D eigenvalue weighted by atomic mass is 10.0. The molecule has 1 aromatic rings. The lowest BCUT2D eigenvalue weighted by Gasteiger charge is -2.20. The van der Waals surface area contributed by atoms with Crippen LogP contribution in [0, 0.1) is 11.7 Å². The van der Waals surface area contributed by atoms with Crippen LogP contribution in [0.15, 0.2) is 18.2 Å². The summed E-state index contributed by atoms with van der Waals surface area (Å²) in [5, 5.41) is 11.6. The molecule has 1 atom stereocenters. The first kappa shape index (κ1) is 16.4. The average Bonchev–Trinajstić information content (AvgIpc) is 2.32. The molecule has 0 aromatic heterocycles. The fourth-order valence-electron chi connectivity index (χ4n) is 1.76. The number of rotatable bonds is 6. The Hall–Kier alpha value is -1.62. The Balaban J connectivity index is 2.73. The number of aliphatic carboxylic acids is 1. The number of carbonyl (C=O) groups is 2. The van der Waals surface area contributed by atoms with Gasteiger partial charge in [0.05, 0.1) is 12.8 Å². The molecule has 0 aliphatic carbocycles. The summed E-state index contributed by atoms with van der Waals surface area (Å²) in [6.07, 6.45) is -0.386. The average molecular weight is 302 g/mol. The van der Waals surface area contributed by atoms with E-state index in [1.54, 1.807) is 0 Å². The summed E-state index contributed by atoms with van der Waals surface area (Å²) >= 11 is 5.84. The first-order valence-electron chi connectivity index (χ1n) is 6.25. The second kappa shape index (κ2) is 7.24. The van der Waals surface area contributed by atoms with Crippen molar-refractivity contribution in [2.45, 2.75) is 32.7 Å². The topological polar surface area (TPSA) is 66.4 Å². The van der Waals surface area contributed by atoms with E-state index < -0.39 is 23.7 Å². The maximum Gasteiger partial charge on any atom is 0.305 e. The molecule has 6 heteroatoms. The molecule has 1 rings (SSSR count). The Morgan fingerprint density at radius 3 is 2.55 bits per heavy atom. The summed E-state index contributed by atoms with van der Waals surface area (Å²) in [4.78, 5) is 22.6. The van der Waals surface area contributed by atoms with Crippen LogP contribution < -0.4 is 5.32 Å². The van der Waals surface area contributed by atoms with Gasteiger partial charge in [-0.3, -0.25) is 9.59 Å². The predicted octanol–water partition coefficient (Wildman–Crippen LogP) is 2.64. The second-order valence-corrected chi connectivity index (χ2v) is 5.30. The van der Waals surface area contributed by atoms with Gasteiger partial charge in [-0.2, -0.15) is 0 Å².